The molecule has 4 aliphatic heterocycles. The first-order valence-electron chi connectivity index (χ1n) is 15.9. The highest BCUT2D eigenvalue weighted by Crippen LogP contribution is 2.53. The Bertz CT molecular complexity index is 1490. The van der Waals surface area contributed by atoms with Crippen molar-refractivity contribution >= 4 is 0 Å². The van der Waals surface area contributed by atoms with Gasteiger partial charge in [-0.25, -0.2) is 0 Å². The molecule has 4 heterocycles. The van der Waals surface area contributed by atoms with Crippen LogP contribution >= 0.6 is 0 Å². The van der Waals surface area contributed by atoms with Gasteiger partial charge in [-0.2, -0.15) is 0 Å². The fourth-order valence-electron chi connectivity index (χ4n) is 6.87. The smallest absolute Gasteiger partial charge is 0.229 e. The number of benzene rings is 2. The molecule has 4 fully saturated rings. The lowest BCUT2D eigenvalue weighted by atomic mass is 9.84. The van der Waals surface area contributed by atoms with Gasteiger partial charge in [0.1, 0.15) is 48.8 Å². The number of hydrogen-bond donors (Lipinski definition) is 10. The van der Waals surface area contributed by atoms with Gasteiger partial charge in [-0.15, -0.1) is 0 Å². The molecular weight excluding hydrogens is 672 g/mol. The number of rotatable bonds is 10. The number of fused-ring (bicyclic) bond motifs is 1. The Hall–Kier alpha value is -3.24. The Kier molecular flexibility index (Phi) is 10.8. The molecule has 14 atom stereocenters. The van der Waals surface area contributed by atoms with Crippen LogP contribution in [0.15, 0.2) is 24.3 Å². The van der Waals surface area contributed by atoms with E-state index in [2.05, 4.69) is 0 Å². The first-order chi connectivity index (χ1) is 23.9. The zero-order valence-corrected chi connectivity index (χ0v) is 27.0. The van der Waals surface area contributed by atoms with Crippen LogP contribution < -0.4 is 14.2 Å². The molecule has 0 aliphatic carbocycles. The van der Waals surface area contributed by atoms with Gasteiger partial charge in [0, 0.05) is 11.8 Å². The molecule has 0 radical (unpaired) electrons. The van der Waals surface area contributed by atoms with Crippen LogP contribution in [0.1, 0.15) is 23.3 Å². The van der Waals surface area contributed by atoms with Gasteiger partial charge in [-0.1, -0.05) is 0 Å². The maximum atomic E-state index is 11.1. The molecule has 4 saturated heterocycles. The van der Waals surface area contributed by atoms with Crippen LogP contribution in [0.25, 0.3) is 0 Å². The van der Waals surface area contributed by atoms with Gasteiger partial charge in [0.25, 0.3) is 0 Å². The molecule has 2 aromatic carbocycles. The van der Waals surface area contributed by atoms with E-state index in [0.717, 1.165) is 0 Å². The van der Waals surface area contributed by atoms with E-state index in [0.29, 0.717) is 11.1 Å². The van der Waals surface area contributed by atoms with Gasteiger partial charge in [-0.05, 0) is 35.4 Å². The first kappa shape index (κ1) is 36.5. The number of ether oxygens (including phenoxy) is 8. The summed E-state index contributed by atoms with van der Waals surface area (Å²) in [6.07, 6.45) is -17.3. The van der Waals surface area contributed by atoms with Crippen LogP contribution in [-0.4, -0.2) is 153 Å². The highest BCUT2D eigenvalue weighted by Gasteiger charge is 2.50. The van der Waals surface area contributed by atoms with Crippen molar-refractivity contribution in [1.82, 2.24) is 0 Å². The average molecular weight is 715 g/mol. The molecule has 18 heteroatoms. The minimum Gasteiger partial charge on any atom is -0.504 e. The summed E-state index contributed by atoms with van der Waals surface area (Å²) in [6, 6.07) is 5.93. The van der Waals surface area contributed by atoms with Gasteiger partial charge < -0.3 is 89.0 Å². The summed E-state index contributed by atoms with van der Waals surface area (Å²) < 4.78 is 45.1. The normalized spacial score (nSPS) is 38.5. The minimum atomic E-state index is -1.82. The third-order valence-corrected chi connectivity index (χ3v) is 9.67. The molecule has 2 aromatic rings. The van der Waals surface area contributed by atoms with Crippen molar-refractivity contribution in [2.24, 2.45) is 11.8 Å². The van der Waals surface area contributed by atoms with Crippen molar-refractivity contribution < 1.29 is 89.0 Å². The lowest BCUT2D eigenvalue weighted by molar-refractivity contribution is -0.323. The second-order valence-corrected chi connectivity index (χ2v) is 12.7. The Morgan fingerprint density at radius 3 is 1.74 bits per heavy atom. The van der Waals surface area contributed by atoms with E-state index in [4.69, 9.17) is 37.9 Å². The number of phenols is 3. The van der Waals surface area contributed by atoms with Crippen LogP contribution in [0.3, 0.4) is 0 Å². The van der Waals surface area contributed by atoms with E-state index in [1.807, 2.05) is 0 Å². The summed E-state index contributed by atoms with van der Waals surface area (Å²) >= 11 is 0. The second kappa shape index (κ2) is 14.8. The molecule has 10 N–H and O–H groups in total. The Labute approximate surface area is 285 Å². The minimum absolute atomic E-state index is 0.0150. The summed E-state index contributed by atoms with van der Waals surface area (Å²) in [6.45, 7) is -0.710. The molecule has 0 saturated carbocycles. The standard InChI is InChI=1S/C32H42O18/c1-43-17-5-11(3-15(34)21(17)36)28-13-8-46-29(14(13)9-45-28)12-4-16(35)30(18(6-12)44-2)50-32-27(42)25(40)23(38)20(49-32)10-47-31-26(41)24(39)22(37)19(7-33)48-31/h3-6,13-14,19-20,22-29,31-42H,7-10H2,1-2H3. The van der Waals surface area contributed by atoms with Crippen molar-refractivity contribution in [3.63, 3.8) is 0 Å². The van der Waals surface area contributed by atoms with Gasteiger partial charge in [-0.3, -0.25) is 0 Å². The van der Waals surface area contributed by atoms with Crippen LogP contribution in [-0.2, 0) is 23.7 Å². The van der Waals surface area contributed by atoms with Crippen molar-refractivity contribution in [2.75, 3.05) is 40.6 Å². The van der Waals surface area contributed by atoms with Gasteiger partial charge in [0.2, 0.25) is 17.8 Å². The number of hydrogen-bond acceptors (Lipinski definition) is 18. The predicted octanol–water partition coefficient (Wildman–Crippen LogP) is -2.10. The first-order valence-corrected chi connectivity index (χ1v) is 15.9. The maximum Gasteiger partial charge on any atom is 0.229 e. The van der Waals surface area contributed by atoms with E-state index in [1.54, 1.807) is 12.1 Å². The average Bonchev–Trinajstić information content (AvgIpc) is 3.72. The molecule has 4 aliphatic rings. The molecule has 0 bridgehead atoms. The Morgan fingerprint density at radius 1 is 0.640 bits per heavy atom. The van der Waals surface area contributed by atoms with E-state index < -0.39 is 92.6 Å². The third-order valence-electron chi connectivity index (χ3n) is 9.67. The number of phenolic OH excluding ortho intramolecular Hbond substituents is 3. The second-order valence-electron chi connectivity index (χ2n) is 12.7. The molecule has 14 unspecified atom stereocenters. The largest absolute Gasteiger partial charge is 0.504 e. The molecule has 0 amide bonds. The predicted molar refractivity (Wildman–Crippen MR) is 162 cm³/mol. The molecule has 50 heavy (non-hydrogen) atoms. The molecule has 18 nitrogen and oxygen atoms in total. The van der Waals surface area contributed by atoms with Crippen LogP contribution in [0, 0.1) is 11.8 Å². The van der Waals surface area contributed by atoms with E-state index in [1.165, 1.54) is 26.4 Å². The fourth-order valence-corrected chi connectivity index (χ4v) is 6.87. The van der Waals surface area contributed by atoms with Gasteiger partial charge in [0.05, 0.1) is 52.9 Å². The van der Waals surface area contributed by atoms with Crippen LogP contribution in [0.4, 0.5) is 0 Å². The number of aliphatic hydroxyl groups excluding tert-OH is 7. The zero-order valence-electron chi connectivity index (χ0n) is 27.0. The van der Waals surface area contributed by atoms with Gasteiger partial charge >= 0.3 is 0 Å². The van der Waals surface area contributed by atoms with E-state index in [9.17, 15) is 51.1 Å². The number of aliphatic hydroxyl groups is 7. The molecule has 0 aromatic heterocycles. The van der Waals surface area contributed by atoms with Gasteiger partial charge in [0.15, 0.2) is 29.3 Å². The summed E-state index contributed by atoms with van der Waals surface area (Å²) in [7, 11) is 2.68. The summed E-state index contributed by atoms with van der Waals surface area (Å²) in [4.78, 5) is 0. The zero-order chi connectivity index (χ0) is 36.0. The lowest BCUT2D eigenvalue weighted by Gasteiger charge is -2.42. The van der Waals surface area contributed by atoms with E-state index in [-0.39, 0.29) is 53.8 Å². The molecule has 0 spiro atoms. The van der Waals surface area contributed by atoms with Crippen molar-refractivity contribution in [2.45, 2.75) is 73.6 Å². The molecule has 6 rings (SSSR count). The SMILES string of the molecule is COc1cc(C2OCC3C(c4cc(O)c(OC5OC(COC6OC(CO)C(O)C(O)C6O)C(O)C(O)C5O)c(OC)c4)OCC23)cc(O)c1O. The molecular formula is C32H42O18. The summed E-state index contributed by atoms with van der Waals surface area (Å²) in [5.74, 6) is -1.66. The van der Waals surface area contributed by atoms with Crippen molar-refractivity contribution in [3.05, 3.63) is 35.4 Å². The maximum absolute atomic E-state index is 11.1. The quantitative estimate of drug-likeness (QED) is 0.118. The monoisotopic (exact) mass is 714 g/mol. The Balaban J connectivity index is 1.15. The number of aromatic hydroxyl groups is 3. The topological polar surface area (TPSA) is 276 Å². The highest BCUT2D eigenvalue weighted by molar-refractivity contribution is 5.54. The third kappa shape index (κ3) is 6.62. The van der Waals surface area contributed by atoms with Crippen molar-refractivity contribution in [3.8, 4) is 34.5 Å². The highest BCUT2D eigenvalue weighted by atomic mass is 16.7. The van der Waals surface area contributed by atoms with E-state index >= 15 is 0 Å². The fraction of sp³-hybridized carbons (Fsp3) is 0.625. The van der Waals surface area contributed by atoms with Crippen molar-refractivity contribution in [1.29, 1.82) is 0 Å². The van der Waals surface area contributed by atoms with Crippen LogP contribution in [0.5, 0.6) is 34.5 Å². The summed E-state index contributed by atoms with van der Waals surface area (Å²) in [5.41, 5.74) is 1.11. The van der Waals surface area contributed by atoms with Crippen LogP contribution in [0.2, 0.25) is 0 Å². The Morgan fingerprint density at radius 2 is 1.16 bits per heavy atom. The lowest BCUT2D eigenvalue weighted by Crippen LogP contribution is -2.62. The summed E-state index contributed by atoms with van der Waals surface area (Å²) in [5, 5.41) is 103. The molecule has 278 valence electrons. The number of methoxy groups -OCH3 is 2.